The van der Waals surface area contributed by atoms with Gasteiger partial charge in [-0.05, 0) is 54.3 Å². The van der Waals surface area contributed by atoms with Crippen LogP contribution < -0.4 is 15.4 Å². The summed E-state index contributed by atoms with van der Waals surface area (Å²) in [5.41, 5.74) is 3.56. The molecule has 124 valence electrons. The second-order valence-corrected chi connectivity index (χ2v) is 5.88. The average molecular weight is 324 g/mol. The van der Waals surface area contributed by atoms with Crippen LogP contribution in [-0.2, 0) is 22.4 Å². The number of nitrogens with one attached hydrogen (secondary N) is 2. The predicted octanol–water partition coefficient (Wildman–Crippen LogP) is 3.15. The van der Waals surface area contributed by atoms with Gasteiger partial charge in [0.15, 0.2) is 0 Å². The first-order valence-electron chi connectivity index (χ1n) is 8.02. The minimum atomic E-state index is -0.122. The van der Waals surface area contributed by atoms with Crippen molar-refractivity contribution >= 4 is 23.2 Å². The number of hydrogen-bond acceptors (Lipinski definition) is 3. The zero-order valence-electron chi connectivity index (χ0n) is 13.6. The molecule has 0 unspecified atom stereocenters. The summed E-state index contributed by atoms with van der Waals surface area (Å²) in [6.07, 6.45) is 2.33. The Hall–Kier alpha value is -2.82. The van der Waals surface area contributed by atoms with Gasteiger partial charge >= 0.3 is 0 Å². The van der Waals surface area contributed by atoms with Crippen LogP contribution in [0, 0.1) is 0 Å². The number of hydrogen-bond donors (Lipinski definition) is 2. The van der Waals surface area contributed by atoms with Gasteiger partial charge in [0.05, 0.1) is 13.0 Å². The molecule has 3 rings (SSSR count). The van der Waals surface area contributed by atoms with Gasteiger partial charge in [-0.3, -0.25) is 9.59 Å². The van der Waals surface area contributed by atoms with E-state index in [9.17, 15) is 9.59 Å². The van der Waals surface area contributed by atoms with Crippen LogP contribution in [0.25, 0.3) is 0 Å². The Morgan fingerprint density at radius 3 is 2.46 bits per heavy atom. The number of carbonyl (C=O) groups is 2. The summed E-state index contributed by atoms with van der Waals surface area (Å²) in [5, 5.41) is 5.56. The molecule has 5 heteroatoms. The number of aryl methyl sites for hydroxylation is 1. The Bertz CT molecular complexity index is 754. The lowest BCUT2D eigenvalue weighted by Gasteiger charge is -2.17. The number of ether oxygens (including phenoxy) is 1. The van der Waals surface area contributed by atoms with E-state index in [4.69, 9.17) is 4.74 Å². The van der Waals surface area contributed by atoms with Crippen molar-refractivity contribution in [2.24, 2.45) is 0 Å². The molecule has 2 N–H and O–H groups in total. The highest BCUT2D eigenvalue weighted by Gasteiger charge is 2.12. The second-order valence-electron chi connectivity index (χ2n) is 5.88. The smallest absolute Gasteiger partial charge is 0.228 e. The molecule has 2 aromatic carbocycles. The zero-order chi connectivity index (χ0) is 16.9. The van der Waals surface area contributed by atoms with E-state index < -0.39 is 0 Å². The summed E-state index contributed by atoms with van der Waals surface area (Å²) in [7, 11) is 0. The van der Waals surface area contributed by atoms with Crippen molar-refractivity contribution in [2.75, 3.05) is 17.2 Å². The van der Waals surface area contributed by atoms with E-state index in [1.807, 2.05) is 18.2 Å². The topological polar surface area (TPSA) is 67.4 Å². The number of rotatable bonds is 4. The lowest BCUT2D eigenvalue weighted by Crippen LogP contribution is -2.15. The Balaban J connectivity index is 1.60. The lowest BCUT2D eigenvalue weighted by atomic mass is 10.0. The van der Waals surface area contributed by atoms with Gasteiger partial charge in [-0.1, -0.05) is 12.1 Å². The van der Waals surface area contributed by atoms with Gasteiger partial charge in [-0.15, -0.1) is 0 Å². The molecule has 0 atom stereocenters. The van der Waals surface area contributed by atoms with Gasteiger partial charge in [0.1, 0.15) is 5.75 Å². The molecule has 0 aliphatic carbocycles. The fraction of sp³-hybridized carbons (Fsp3) is 0.263. The van der Waals surface area contributed by atoms with Gasteiger partial charge < -0.3 is 15.4 Å². The van der Waals surface area contributed by atoms with Gasteiger partial charge in [-0.25, -0.2) is 0 Å². The number of carbonyl (C=O) groups excluding carboxylic acids is 2. The third-order valence-electron chi connectivity index (χ3n) is 3.83. The van der Waals surface area contributed by atoms with E-state index in [1.54, 1.807) is 24.3 Å². The largest absolute Gasteiger partial charge is 0.493 e. The number of anilines is 2. The van der Waals surface area contributed by atoms with E-state index >= 15 is 0 Å². The van der Waals surface area contributed by atoms with E-state index in [0.717, 1.165) is 30.8 Å². The number of amides is 2. The molecule has 2 aromatic rings. The molecule has 5 nitrogen and oxygen atoms in total. The van der Waals surface area contributed by atoms with Crippen LogP contribution in [0.15, 0.2) is 42.5 Å². The average Bonchev–Trinajstić information content (AvgIpc) is 2.56. The van der Waals surface area contributed by atoms with Crippen LogP contribution in [0.1, 0.15) is 24.5 Å². The maximum Gasteiger partial charge on any atom is 0.228 e. The Morgan fingerprint density at radius 2 is 1.75 bits per heavy atom. The van der Waals surface area contributed by atoms with E-state index in [0.29, 0.717) is 17.8 Å². The molecular weight excluding hydrogens is 304 g/mol. The predicted molar refractivity (Wildman–Crippen MR) is 93.3 cm³/mol. The summed E-state index contributed by atoms with van der Waals surface area (Å²) in [5.74, 6) is 0.737. The summed E-state index contributed by atoms with van der Waals surface area (Å²) in [4.78, 5) is 23.2. The summed E-state index contributed by atoms with van der Waals surface area (Å²) >= 11 is 0. The van der Waals surface area contributed by atoms with Crippen LogP contribution in [0.3, 0.4) is 0 Å². The first kappa shape index (κ1) is 16.1. The summed E-state index contributed by atoms with van der Waals surface area (Å²) in [6.45, 7) is 2.22. The molecule has 0 fully saturated rings. The van der Waals surface area contributed by atoms with Gasteiger partial charge in [0.25, 0.3) is 0 Å². The molecule has 2 amide bonds. The van der Waals surface area contributed by atoms with Crippen LogP contribution >= 0.6 is 0 Å². The molecule has 24 heavy (non-hydrogen) atoms. The minimum absolute atomic E-state index is 0.0704. The van der Waals surface area contributed by atoms with E-state index in [1.165, 1.54) is 12.5 Å². The first-order chi connectivity index (χ1) is 11.6. The molecule has 0 aromatic heterocycles. The highest BCUT2D eigenvalue weighted by molar-refractivity contribution is 5.93. The third-order valence-corrected chi connectivity index (χ3v) is 3.83. The number of benzene rings is 2. The summed E-state index contributed by atoms with van der Waals surface area (Å²) < 4.78 is 5.59. The minimum Gasteiger partial charge on any atom is -0.493 e. The fourth-order valence-corrected chi connectivity index (χ4v) is 2.75. The molecule has 0 bridgehead atoms. The lowest BCUT2D eigenvalue weighted by molar-refractivity contribution is -0.116. The molecule has 0 spiro atoms. The van der Waals surface area contributed by atoms with Gasteiger partial charge in [0, 0.05) is 18.3 Å². The molecule has 0 saturated carbocycles. The Labute approximate surface area is 141 Å². The van der Waals surface area contributed by atoms with Crippen LogP contribution in [0.5, 0.6) is 5.75 Å². The van der Waals surface area contributed by atoms with E-state index in [2.05, 4.69) is 10.6 Å². The van der Waals surface area contributed by atoms with Gasteiger partial charge in [0.2, 0.25) is 11.8 Å². The Kier molecular flexibility index (Phi) is 4.79. The maximum absolute atomic E-state index is 12.2. The van der Waals surface area contributed by atoms with Crippen molar-refractivity contribution in [1.29, 1.82) is 0 Å². The van der Waals surface area contributed by atoms with Crippen LogP contribution in [0.2, 0.25) is 0 Å². The van der Waals surface area contributed by atoms with Crippen LogP contribution in [-0.4, -0.2) is 18.4 Å². The van der Waals surface area contributed by atoms with Crippen molar-refractivity contribution < 1.29 is 14.3 Å². The van der Waals surface area contributed by atoms with Crippen molar-refractivity contribution in [3.05, 3.63) is 53.6 Å². The SMILES string of the molecule is CC(=O)Nc1ccc(NC(=O)Cc2ccc3c(c2)CCCO3)cc1. The third kappa shape index (κ3) is 4.13. The second kappa shape index (κ2) is 7.17. The maximum atomic E-state index is 12.2. The molecule has 0 saturated heterocycles. The van der Waals surface area contributed by atoms with Crippen molar-refractivity contribution in [1.82, 2.24) is 0 Å². The molecule has 1 aliphatic rings. The highest BCUT2D eigenvalue weighted by Crippen LogP contribution is 2.25. The molecule has 1 aliphatic heterocycles. The van der Waals surface area contributed by atoms with Gasteiger partial charge in [-0.2, -0.15) is 0 Å². The Morgan fingerprint density at radius 1 is 1.04 bits per heavy atom. The fourth-order valence-electron chi connectivity index (χ4n) is 2.75. The van der Waals surface area contributed by atoms with Crippen molar-refractivity contribution in [3.8, 4) is 5.75 Å². The monoisotopic (exact) mass is 324 g/mol. The van der Waals surface area contributed by atoms with Crippen LogP contribution in [0.4, 0.5) is 11.4 Å². The van der Waals surface area contributed by atoms with E-state index in [-0.39, 0.29) is 11.8 Å². The number of fused-ring (bicyclic) bond motifs is 1. The normalized spacial score (nSPS) is 12.7. The highest BCUT2D eigenvalue weighted by atomic mass is 16.5. The summed E-state index contributed by atoms with van der Waals surface area (Å²) in [6, 6.07) is 13.0. The zero-order valence-corrected chi connectivity index (χ0v) is 13.6. The quantitative estimate of drug-likeness (QED) is 0.908. The standard InChI is InChI=1S/C19H20N2O3/c1-13(22)20-16-5-7-17(8-6-16)21-19(23)12-14-4-9-18-15(11-14)3-2-10-24-18/h4-9,11H,2-3,10,12H2,1H3,(H,20,22)(H,21,23). The first-order valence-corrected chi connectivity index (χ1v) is 8.02. The molecule has 0 radical (unpaired) electrons. The molecule has 1 heterocycles. The molecular formula is C19H20N2O3. The van der Waals surface area contributed by atoms with Crippen molar-refractivity contribution in [3.63, 3.8) is 0 Å². The van der Waals surface area contributed by atoms with Crippen molar-refractivity contribution in [2.45, 2.75) is 26.2 Å².